The molecule has 3 atom stereocenters. The lowest BCUT2D eigenvalue weighted by Crippen LogP contribution is -2.60. The zero-order valence-electron chi connectivity index (χ0n) is 20.4. The Balaban J connectivity index is 1.26. The van der Waals surface area contributed by atoms with E-state index in [4.69, 9.17) is 4.74 Å². The van der Waals surface area contributed by atoms with E-state index >= 15 is 0 Å². The molecule has 0 aromatic heterocycles. The molecule has 9 nitrogen and oxygen atoms in total. The molecule has 4 fully saturated rings. The minimum absolute atomic E-state index is 0.0533. The molecule has 1 saturated carbocycles. The number of benzene rings is 1. The van der Waals surface area contributed by atoms with Gasteiger partial charge < -0.3 is 25.0 Å². The second kappa shape index (κ2) is 9.87. The van der Waals surface area contributed by atoms with Crippen molar-refractivity contribution in [2.45, 2.75) is 62.8 Å². The molecule has 5 rings (SSSR count). The maximum absolute atomic E-state index is 13.7. The van der Waals surface area contributed by atoms with E-state index in [0.717, 1.165) is 57.7 Å². The first-order valence-electron chi connectivity index (χ1n) is 13.0. The van der Waals surface area contributed by atoms with E-state index < -0.39 is 23.8 Å². The summed E-state index contributed by atoms with van der Waals surface area (Å²) in [6, 6.07) is 6.83. The number of nitrogens with zero attached hydrogens (tertiary/aromatic N) is 3. The molecule has 0 radical (unpaired) electrons. The van der Waals surface area contributed by atoms with Crippen molar-refractivity contribution in [2.24, 2.45) is 0 Å². The Bertz CT molecular complexity index is 953. The number of hydrogen-bond acceptors (Lipinski definition) is 7. The van der Waals surface area contributed by atoms with Crippen molar-refractivity contribution < 1.29 is 24.2 Å². The van der Waals surface area contributed by atoms with Gasteiger partial charge in [-0.25, -0.2) is 0 Å². The van der Waals surface area contributed by atoms with Crippen LogP contribution in [0.5, 0.6) is 0 Å². The zero-order valence-corrected chi connectivity index (χ0v) is 20.4. The Labute approximate surface area is 206 Å². The number of fused-ring (bicyclic) bond motifs is 1. The van der Waals surface area contributed by atoms with Crippen LogP contribution in [0, 0.1) is 0 Å². The minimum Gasteiger partial charge on any atom is -0.388 e. The maximum atomic E-state index is 13.7. The van der Waals surface area contributed by atoms with E-state index in [1.807, 2.05) is 24.3 Å². The largest absolute Gasteiger partial charge is 0.388 e. The Hall–Kier alpha value is -2.49. The third-order valence-electron chi connectivity index (χ3n) is 8.04. The summed E-state index contributed by atoms with van der Waals surface area (Å²) in [4.78, 5) is 45.6. The van der Waals surface area contributed by atoms with Crippen molar-refractivity contribution in [3.63, 3.8) is 0 Å². The van der Waals surface area contributed by atoms with Crippen molar-refractivity contribution >= 4 is 23.3 Å². The van der Waals surface area contributed by atoms with Crippen LogP contribution in [-0.2, 0) is 14.3 Å². The first kappa shape index (κ1) is 24.2. The molecular weight excluding hydrogens is 448 g/mol. The molecule has 0 bridgehead atoms. The molecule has 3 saturated heterocycles. The Morgan fingerprint density at radius 3 is 2.46 bits per heavy atom. The number of amides is 2. The van der Waals surface area contributed by atoms with E-state index in [1.165, 1.54) is 4.90 Å². The lowest BCUT2D eigenvalue weighted by Gasteiger charge is -2.36. The van der Waals surface area contributed by atoms with E-state index in [-0.39, 0.29) is 30.7 Å². The summed E-state index contributed by atoms with van der Waals surface area (Å²) in [7, 11) is 0. The number of aliphatic hydroxyl groups excluding tert-OH is 1. The number of nitrogens with one attached hydrogen (secondary N) is 1. The van der Waals surface area contributed by atoms with Crippen molar-refractivity contribution in [1.82, 2.24) is 15.1 Å². The Kier molecular flexibility index (Phi) is 6.83. The molecule has 0 unspecified atom stereocenters. The van der Waals surface area contributed by atoms with Gasteiger partial charge in [0.05, 0.1) is 6.54 Å². The second-order valence-electron chi connectivity index (χ2n) is 10.3. The SMILES string of the molecule is CCCN1CCN(c2ccc(C(=O)NC3(C(=O)N4C[C@@H](O)[C@H]5OCC(=O)[C@H]54)CCCC3)cc2)CC1. The number of anilines is 1. The van der Waals surface area contributed by atoms with Gasteiger partial charge in [0.2, 0.25) is 5.91 Å². The van der Waals surface area contributed by atoms with Gasteiger partial charge in [-0.05, 0) is 50.1 Å². The average Bonchev–Trinajstić information content (AvgIpc) is 3.58. The molecule has 1 aromatic rings. The van der Waals surface area contributed by atoms with E-state index in [9.17, 15) is 19.5 Å². The van der Waals surface area contributed by atoms with Gasteiger partial charge in [-0.15, -0.1) is 0 Å². The first-order valence-corrected chi connectivity index (χ1v) is 13.0. The first-order chi connectivity index (χ1) is 16.9. The van der Waals surface area contributed by atoms with Gasteiger partial charge in [-0.2, -0.15) is 0 Å². The van der Waals surface area contributed by atoms with Crippen LogP contribution in [0.25, 0.3) is 0 Å². The predicted octanol–water partition coefficient (Wildman–Crippen LogP) is 0.801. The van der Waals surface area contributed by atoms with Gasteiger partial charge >= 0.3 is 0 Å². The van der Waals surface area contributed by atoms with Crippen LogP contribution in [-0.4, -0.2) is 102 Å². The van der Waals surface area contributed by atoms with Crippen LogP contribution >= 0.6 is 0 Å². The quantitative estimate of drug-likeness (QED) is 0.616. The zero-order chi connectivity index (χ0) is 24.6. The Morgan fingerprint density at radius 1 is 1.11 bits per heavy atom. The summed E-state index contributed by atoms with van der Waals surface area (Å²) in [6.07, 6.45) is 2.30. The summed E-state index contributed by atoms with van der Waals surface area (Å²) in [5, 5.41) is 13.4. The molecule has 2 amide bonds. The highest BCUT2D eigenvalue weighted by Crippen LogP contribution is 2.36. The highest BCUT2D eigenvalue weighted by atomic mass is 16.5. The standard InChI is InChI=1S/C26H36N4O5/c1-2-11-28-12-14-29(15-13-28)19-7-5-18(6-8-19)24(33)27-26(9-3-4-10-26)25(34)30-16-20(31)23-22(30)21(32)17-35-23/h5-8,20,22-23,31H,2-4,9-17H2,1H3,(H,27,33)/t20-,22-,23-/m1/s1. The molecule has 190 valence electrons. The van der Waals surface area contributed by atoms with Crippen molar-refractivity contribution in [1.29, 1.82) is 0 Å². The molecule has 35 heavy (non-hydrogen) atoms. The minimum atomic E-state index is -1.05. The third-order valence-corrected chi connectivity index (χ3v) is 8.04. The number of β-amino-alcohol motifs (C(OH)–C–C–N with tert-alkyl or cyclic N) is 1. The molecule has 9 heteroatoms. The van der Waals surface area contributed by atoms with Crippen LogP contribution in [0.4, 0.5) is 5.69 Å². The number of rotatable bonds is 6. The normalized spacial score (nSPS) is 28.4. The fourth-order valence-electron chi connectivity index (χ4n) is 6.14. The van der Waals surface area contributed by atoms with Gasteiger partial charge in [0.15, 0.2) is 5.78 Å². The smallest absolute Gasteiger partial charge is 0.252 e. The fraction of sp³-hybridized carbons (Fsp3) is 0.654. The summed E-state index contributed by atoms with van der Waals surface area (Å²) >= 11 is 0. The molecular formula is C26H36N4O5. The van der Waals surface area contributed by atoms with Gasteiger partial charge in [-0.3, -0.25) is 19.3 Å². The number of Topliss-reactive ketones (excluding diaryl/α,β-unsaturated/α-hetero) is 1. The fourth-order valence-corrected chi connectivity index (χ4v) is 6.14. The lowest BCUT2D eigenvalue weighted by molar-refractivity contribution is -0.142. The molecule has 0 spiro atoms. The van der Waals surface area contributed by atoms with Crippen molar-refractivity contribution in [3.8, 4) is 0 Å². The van der Waals surface area contributed by atoms with E-state index in [0.29, 0.717) is 18.4 Å². The van der Waals surface area contributed by atoms with Crippen LogP contribution in [0.1, 0.15) is 49.4 Å². The monoisotopic (exact) mass is 484 g/mol. The van der Waals surface area contributed by atoms with Crippen LogP contribution in [0.15, 0.2) is 24.3 Å². The van der Waals surface area contributed by atoms with Crippen molar-refractivity contribution in [3.05, 3.63) is 29.8 Å². The topological polar surface area (TPSA) is 102 Å². The van der Waals surface area contributed by atoms with Gasteiger partial charge in [0.1, 0.15) is 30.4 Å². The molecule has 2 N–H and O–H groups in total. The molecule has 3 heterocycles. The second-order valence-corrected chi connectivity index (χ2v) is 10.3. The average molecular weight is 485 g/mol. The molecule has 4 aliphatic rings. The van der Waals surface area contributed by atoms with E-state index in [1.54, 1.807) is 0 Å². The van der Waals surface area contributed by atoms with Crippen LogP contribution in [0.3, 0.4) is 0 Å². The highest BCUT2D eigenvalue weighted by Gasteiger charge is 2.56. The predicted molar refractivity (Wildman–Crippen MR) is 130 cm³/mol. The Morgan fingerprint density at radius 2 is 1.80 bits per heavy atom. The number of aliphatic hydroxyl groups is 1. The number of hydrogen-bond donors (Lipinski definition) is 2. The number of ketones is 1. The number of piperazine rings is 1. The molecule has 3 aliphatic heterocycles. The summed E-state index contributed by atoms with van der Waals surface area (Å²) < 4.78 is 5.42. The summed E-state index contributed by atoms with van der Waals surface area (Å²) in [6.45, 7) is 7.32. The van der Waals surface area contributed by atoms with Gasteiger partial charge in [0, 0.05) is 37.4 Å². The highest BCUT2D eigenvalue weighted by molar-refractivity contribution is 6.01. The van der Waals surface area contributed by atoms with Gasteiger partial charge in [-0.1, -0.05) is 19.8 Å². The molecule has 1 aliphatic carbocycles. The lowest BCUT2D eigenvalue weighted by atomic mass is 9.93. The number of likely N-dealkylation sites (tertiary alicyclic amines) is 1. The van der Waals surface area contributed by atoms with Crippen LogP contribution in [0.2, 0.25) is 0 Å². The maximum Gasteiger partial charge on any atom is 0.252 e. The van der Waals surface area contributed by atoms with Gasteiger partial charge in [0.25, 0.3) is 5.91 Å². The van der Waals surface area contributed by atoms with E-state index in [2.05, 4.69) is 22.0 Å². The number of carbonyl (C=O) groups is 3. The summed E-state index contributed by atoms with van der Waals surface area (Å²) in [5.74, 6) is -0.759. The third kappa shape index (κ3) is 4.57. The molecule has 1 aromatic carbocycles. The number of ether oxygens (including phenoxy) is 1. The number of carbonyl (C=O) groups excluding carboxylic acids is 3. The summed E-state index contributed by atoms with van der Waals surface area (Å²) in [5.41, 5.74) is 0.557. The van der Waals surface area contributed by atoms with Crippen molar-refractivity contribution in [2.75, 3.05) is 50.8 Å². The van der Waals surface area contributed by atoms with Crippen LogP contribution < -0.4 is 10.2 Å².